The molecule has 4 rings (SSSR count). The highest BCUT2D eigenvalue weighted by molar-refractivity contribution is 6.32. The first-order valence-electron chi connectivity index (χ1n) is 10.3. The molecule has 0 spiro atoms. The van der Waals surface area contributed by atoms with E-state index >= 15 is 0 Å². The third kappa shape index (κ3) is 4.67. The molecule has 0 saturated heterocycles. The Morgan fingerprint density at radius 2 is 1.61 bits per heavy atom. The summed E-state index contributed by atoms with van der Waals surface area (Å²) in [7, 11) is 0. The molecule has 0 fully saturated rings. The first-order valence-corrected chi connectivity index (χ1v) is 10.3. The van der Waals surface area contributed by atoms with E-state index in [0.29, 0.717) is 36.0 Å². The summed E-state index contributed by atoms with van der Waals surface area (Å²) in [5.41, 5.74) is 3.92. The van der Waals surface area contributed by atoms with Crippen molar-refractivity contribution in [2.75, 3.05) is 11.6 Å². The summed E-state index contributed by atoms with van der Waals surface area (Å²) in [5, 5.41) is 5.87. The van der Waals surface area contributed by atoms with E-state index in [2.05, 4.69) is 5.10 Å². The molecule has 1 heterocycles. The number of nitrogens with zero attached hydrogens (tertiary/aromatic N) is 2. The standard InChI is InChI=1S/C26H24N2O3/c1-3-30-25-17-21(14-15-24(25)31-18-20-10-6-4-7-11-20)16-23-19(2)27-28(26(23)29)22-12-8-5-9-13-22/h4-17H,3,18H2,1-2H3/b23-16+. The summed E-state index contributed by atoms with van der Waals surface area (Å²) < 4.78 is 11.8. The average Bonchev–Trinajstić information content (AvgIpc) is 3.08. The predicted molar refractivity (Wildman–Crippen MR) is 123 cm³/mol. The van der Waals surface area contributed by atoms with Gasteiger partial charge in [-0.05, 0) is 55.3 Å². The van der Waals surface area contributed by atoms with Crippen LogP contribution >= 0.6 is 0 Å². The van der Waals surface area contributed by atoms with Crippen molar-refractivity contribution in [1.29, 1.82) is 0 Å². The Hall–Kier alpha value is -3.86. The highest BCUT2D eigenvalue weighted by Crippen LogP contribution is 2.31. The van der Waals surface area contributed by atoms with Crippen LogP contribution in [-0.4, -0.2) is 18.2 Å². The van der Waals surface area contributed by atoms with E-state index in [4.69, 9.17) is 9.47 Å². The lowest BCUT2D eigenvalue weighted by atomic mass is 10.1. The molecule has 3 aromatic rings. The van der Waals surface area contributed by atoms with Crippen LogP contribution in [0.1, 0.15) is 25.0 Å². The second-order valence-corrected chi connectivity index (χ2v) is 7.11. The Balaban J connectivity index is 1.57. The second-order valence-electron chi connectivity index (χ2n) is 7.11. The molecule has 1 aliphatic heterocycles. The van der Waals surface area contributed by atoms with Crippen LogP contribution in [0.3, 0.4) is 0 Å². The Kier molecular flexibility index (Phi) is 6.13. The maximum Gasteiger partial charge on any atom is 0.280 e. The minimum absolute atomic E-state index is 0.147. The molecule has 1 aliphatic rings. The fraction of sp³-hybridized carbons (Fsp3) is 0.154. The SMILES string of the molecule is CCOc1cc(/C=C2/C(=O)N(c3ccccc3)N=C2C)ccc1OCc1ccccc1. The molecule has 31 heavy (non-hydrogen) atoms. The zero-order valence-electron chi connectivity index (χ0n) is 17.6. The summed E-state index contributed by atoms with van der Waals surface area (Å²) in [6.07, 6.45) is 1.84. The molecule has 0 aromatic heterocycles. The van der Waals surface area contributed by atoms with E-state index in [0.717, 1.165) is 16.8 Å². The van der Waals surface area contributed by atoms with Crippen LogP contribution in [-0.2, 0) is 11.4 Å². The Labute approximate surface area is 182 Å². The lowest BCUT2D eigenvalue weighted by molar-refractivity contribution is -0.114. The number of benzene rings is 3. The monoisotopic (exact) mass is 412 g/mol. The van der Waals surface area contributed by atoms with Gasteiger partial charge in [-0.1, -0.05) is 54.6 Å². The lowest BCUT2D eigenvalue weighted by Gasteiger charge is -2.13. The third-order valence-corrected chi connectivity index (χ3v) is 4.88. The fourth-order valence-electron chi connectivity index (χ4n) is 3.33. The van der Waals surface area contributed by atoms with Gasteiger partial charge in [-0.15, -0.1) is 0 Å². The Bertz CT molecular complexity index is 1120. The van der Waals surface area contributed by atoms with Gasteiger partial charge in [-0.2, -0.15) is 10.1 Å². The number of carbonyl (C=O) groups is 1. The van der Waals surface area contributed by atoms with Gasteiger partial charge in [0.05, 0.1) is 23.6 Å². The summed E-state index contributed by atoms with van der Waals surface area (Å²) >= 11 is 0. The number of amides is 1. The molecule has 0 unspecified atom stereocenters. The van der Waals surface area contributed by atoms with Gasteiger partial charge in [0, 0.05) is 0 Å². The van der Waals surface area contributed by atoms with Gasteiger partial charge < -0.3 is 9.47 Å². The van der Waals surface area contributed by atoms with Crippen LogP contribution in [0.4, 0.5) is 5.69 Å². The van der Waals surface area contributed by atoms with Gasteiger partial charge in [-0.3, -0.25) is 4.79 Å². The van der Waals surface area contributed by atoms with Crippen molar-refractivity contribution in [1.82, 2.24) is 0 Å². The van der Waals surface area contributed by atoms with Gasteiger partial charge in [-0.25, -0.2) is 0 Å². The van der Waals surface area contributed by atoms with E-state index in [-0.39, 0.29) is 5.91 Å². The topological polar surface area (TPSA) is 51.1 Å². The zero-order valence-corrected chi connectivity index (χ0v) is 17.6. The average molecular weight is 412 g/mol. The minimum atomic E-state index is -0.147. The lowest BCUT2D eigenvalue weighted by Crippen LogP contribution is -2.21. The maximum atomic E-state index is 12.9. The molecule has 3 aromatic carbocycles. The van der Waals surface area contributed by atoms with Crippen molar-refractivity contribution in [3.8, 4) is 11.5 Å². The second kappa shape index (κ2) is 9.30. The highest BCUT2D eigenvalue weighted by Gasteiger charge is 2.28. The maximum absolute atomic E-state index is 12.9. The van der Waals surface area contributed by atoms with E-state index in [1.165, 1.54) is 5.01 Å². The van der Waals surface area contributed by atoms with Crippen LogP contribution in [0.5, 0.6) is 11.5 Å². The molecule has 0 N–H and O–H groups in total. The summed E-state index contributed by atoms with van der Waals surface area (Å²) in [6, 6.07) is 25.1. The van der Waals surface area contributed by atoms with Crippen molar-refractivity contribution in [2.24, 2.45) is 5.10 Å². The number of rotatable bonds is 7. The van der Waals surface area contributed by atoms with Crippen LogP contribution in [0.2, 0.25) is 0 Å². The van der Waals surface area contributed by atoms with Gasteiger partial charge in [0.2, 0.25) is 0 Å². The number of hydrogen-bond donors (Lipinski definition) is 0. The van der Waals surface area contributed by atoms with E-state index in [9.17, 15) is 4.79 Å². The molecule has 5 heteroatoms. The van der Waals surface area contributed by atoms with Crippen molar-refractivity contribution < 1.29 is 14.3 Å². The van der Waals surface area contributed by atoms with E-state index in [1.54, 1.807) is 0 Å². The molecule has 0 bridgehead atoms. The van der Waals surface area contributed by atoms with Crippen LogP contribution in [0.25, 0.3) is 6.08 Å². The Morgan fingerprint density at radius 3 is 2.32 bits per heavy atom. The molecular formula is C26H24N2O3. The first kappa shape index (κ1) is 20.4. The van der Waals surface area contributed by atoms with E-state index in [1.807, 2.05) is 98.8 Å². The van der Waals surface area contributed by atoms with Crippen molar-refractivity contribution >= 4 is 23.4 Å². The molecule has 156 valence electrons. The summed E-state index contributed by atoms with van der Waals surface area (Å²) in [6.45, 7) is 4.75. The molecule has 1 amide bonds. The number of ether oxygens (including phenoxy) is 2. The quantitative estimate of drug-likeness (QED) is 0.484. The smallest absolute Gasteiger partial charge is 0.280 e. The van der Waals surface area contributed by atoms with Gasteiger partial charge in [0.1, 0.15) is 6.61 Å². The first-order chi connectivity index (χ1) is 15.2. The minimum Gasteiger partial charge on any atom is -0.490 e. The number of hydrogen-bond acceptors (Lipinski definition) is 4. The van der Waals surface area contributed by atoms with Crippen molar-refractivity contribution in [3.63, 3.8) is 0 Å². The van der Waals surface area contributed by atoms with Crippen LogP contribution < -0.4 is 14.5 Å². The normalized spacial score (nSPS) is 14.6. The molecule has 5 nitrogen and oxygen atoms in total. The largest absolute Gasteiger partial charge is 0.490 e. The fourth-order valence-corrected chi connectivity index (χ4v) is 3.33. The molecule has 0 aliphatic carbocycles. The molecular weight excluding hydrogens is 388 g/mol. The number of para-hydroxylation sites is 1. The van der Waals surface area contributed by atoms with Crippen molar-refractivity contribution in [2.45, 2.75) is 20.5 Å². The number of carbonyl (C=O) groups excluding carboxylic acids is 1. The van der Waals surface area contributed by atoms with Crippen LogP contribution in [0.15, 0.2) is 89.5 Å². The third-order valence-electron chi connectivity index (χ3n) is 4.88. The Morgan fingerprint density at radius 1 is 0.903 bits per heavy atom. The summed E-state index contributed by atoms with van der Waals surface area (Å²) in [5.74, 6) is 1.17. The van der Waals surface area contributed by atoms with Gasteiger partial charge in [0.15, 0.2) is 11.5 Å². The van der Waals surface area contributed by atoms with Gasteiger partial charge >= 0.3 is 0 Å². The molecule has 0 radical (unpaired) electrons. The van der Waals surface area contributed by atoms with Crippen LogP contribution in [0, 0.1) is 0 Å². The molecule has 0 atom stereocenters. The van der Waals surface area contributed by atoms with E-state index < -0.39 is 0 Å². The van der Waals surface area contributed by atoms with Gasteiger partial charge in [0.25, 0.3) is 5.91 Å². The predicted octanol–water partition coefficient (Wildman–Crippen LogP) is 5.47. The number of hydrazone groups is 1. The summed E-state index contributed by atoms with van der Waals surface area (Å²) in [4.78, 5) is 12.9. The number of anilines is 1. The molecule has 0 saturated carbocycles. The highest BCUT2D eigenvalue weighted by atomic mass is 16.5. The zero-order chi connectivity index (χ0) is 21.6. The van der Waals surface area contributed by atoms with Crippen molar-refractivity contribution in [3.05, 3.63) is 95.6 Å².